The van der Waals surface area contributed by atoms with Gasteiger partial charge in [0.2, 0.25) is 0 Å². The highest BCUT2D eigenvalue weighted by molar-refractivity contribution is 4.65. The van der Waals surface area contributed by atoms with Gasteiger partial charge >= 0.3 is 0 Å². The zero-order valence-corrected chi connectivity index (χ0v) is 10.1. The van der Waals surface area contributed by atoms with Crippen molar-refractivity contribution in [3.63, 3.8) is 0 Å². The Kier molecular flexibility index (Phi) is 5.54. The molecule has 1 fully saturated rings. The summed E-state index contributed by atoms with van der Waals surface area (Å²) in [6.07, 6.45) is 7.09. The maximum absolute atomic E-state index is 5.80. The van der Waals surface area contributed by atoms with Crippen molar-refractivity contribution in [2.45, 2.75) is 52.9 Å². The molecule has 1 atom stereocenters. The average Bonchev–Trinajstić information content (AvgIpc) is 2.19. The molecule has 0 radical (unpaired) electrons. The zero-order chi connectivity index (χ0) is 10.4. The molecule has 0 heterocycles. The van der Waals surface area contributed by atoms with Gasteiger partial charge in [-0.05, 0) is 30.6 Å². The normalized spacial score (nSPS) is 21.4. The van der Waals surface area contributed by atoms with Crippen LogP contribution in [-0.2, 0) is 4.74 Å². The molecule has 0 aromatic carbocycles. The maximum atomic E-state index is 5.80. The number of hydrogen-bond donors (Lipinski definition) is 0. The van der Waals surface area contributed by atoms with Gasteiger partial charge in [-0.3, -0.25) is 0 Å². The van der Waals surface area contributed by atoms with Crippen LogP contribution in [0.3, 0.4) is 0 Å². The summed E-state index contributed by atoms with van der Waals surface area (Å²) in [6, 6.07) is 0. The first kappa shape index (κ1) is 12.0. The highest BCUT2D eigenvalue weighted by atomic mass is 16.5. The Morgan fingerprint density at radius 2 is 1.71 bits per heavy atom. The van der Waals surface area contributed by atoms with E-state index in [0.717, 1.165) is 25.0 Å². The molecule has 1 heteroatoms. The molecule has 0 saturated heterocycles. The lowest BCUT2D eigenvalue weighted by Gasteiger charge is -2.23. The molecule has 1 saturated carbocycles. The summed E-state index contributed by atoms with van der Waals surface area (Å²) in [7, 11) is 0. The van der Waals surface area contributed by atoms with E-state index in [1.54, 1.807) is 0 Å². The van der Waals surface area contributed by atoms with Gasteiger partial charge in [0.1, 0.15) is 0 Å². The van der Waals surface area contributed by atoms with E-state index in [1.165, 1.54) is 32.1 Å². The minimum absolute atomic E-state index is 0.707. The number of rotatable bonds is 5. The van der Waals surface area contributed by atoms with Gasteiger partial charge in [-0.1, -0.05) is 40.0 Å². The van der Waals surface area contributed by atoms with Gasteiger partial charge < -0.3 is 4.74 Å². The molecule has 0 N–H and O–H groups in total. The molecule has 0 aliphatic heterocycles. The van der Waals surface area contributed by atoms with Gasteiger partial charge in [0, 0.05) is 13.2 Å². The van der Waals surface area contributed by atoms with Crippen LogP contribution in [0.25, 0.3) is 0 Å². The van der Waals surface area contributed by atoms with Crippen molar-refractivity contribution in [2.24, 2.45) is 17.8 Å². The minimum atomic E-state index is 0.707. The Morgan fingerprint density at radius 3 is 2.29 bits per heavy atom. The fourth-order valence-corrected chi connectivity index (χ4v) is 1.97. The summed E-state index contributed by atoms with van der Waals surface area (Å²) in [5, 5.41) is 0. The van der Waals surface area contributed by atoms with Gasteiger partial charge in [-0.15, -0.1) is 0 Å². The Bertz CT molecular complexity index is 136. The van der Waals surface area contributed by atoms with Crippen LogP contribution in [0.15, 0.2) is 0 Å². The van der Waals surface area contributed by atoms with Crippen LogP contribution in [-0.4, -0.2) is 13.2 Å². The van der Waals surface area contributed by atoms with Crippen molar-refractivity contribution in [3.8, 4) is 0 Å². The van der Waals surface area contributed by atoms with Crippen molar-refractivity contribution < 1.29 is 4.74 Å². The predicted octanol–water partition coefficient (Wildman–Crippen LogP) is 3.88. The second-order valence-corrected chi connectivity index (χ2v) is 5.26. The summed E-state index contributed by atoms with van der Waals surface area (Å²) in [6.45, 7) is 8.79. The van der Waals surface area contributed by atoms with Gasteiger partial charge in [0.15, 0.2) is 0 Å². The number of ether oxygens (including phenoxy) is 1. The fraction of sp³-hybridized carbons (Fsp3) is 1.00. The SMILES string of the molecule is CC(C)C(C)COCC1CCCCC1. The monoisotopic (exact) mass is 198 g/mol. The lowest BCUT2D eigenvalue weighted by molar-refractivity contribution is 0.0538. The Morgan fingerprint density at radius 1 is 1.07 bits per heavy atom. The third-order valence-corrected chi connectivity index (χ3v) is 3.60. The van der Waals surface area contributed by atoms with E-state index < -0.39 is 0 Å². The van der Waals surface area contributed by atoms with Crippen molar-refractivity contribution in [1.29, 1.82) is 0 Å². The molecule has 0 spiro atoms. The van der Waals surface area contributed by atoms with E-state index in [-0.39, 0.29) is 0 Å². The minimum Gasteiger partial charge on any atom is -0.381 e. The quantitative estimate of drug-likeness (QED) is 0.651. The zero-order valence-electron chi connectivity index (χ0n) is 10.1. The van der Waals surface area contributed by atoms with E-state index in [4.69, 9.17) is 4.74 Å². The summed E-state index contributed by atoms with van der Waals surface area (Å²) >= 11 is 0. The molecule has 1 nitrogen and oxygen atoms in total. The molecule has 14 heavy (non-hydrogen) atoms. The summed E-state index contributed by atoms with van der Waals surface area (Å²) in [5.41, 5.74) is 0. The molecule has 0 amide bonds. The van der Waals surface area contributed by atoms with E-state index in [9.17, 15) is 0 Å². The molecule has 0 bridgehead atoms. The lowest BCUT2D eigenvalue weighted by Crippen LogP contribution is -2.18. The third kappa shape index (κ3) is 4.45. The van der Waals surface area contributed by atoms with E-state index in [0.29, 0.717) is 5.92 Å². The van der Waals surface area contributed by atoms with Crippen LogP contribution in [0.4, 0.5) is 0 Å². The van der Waals surface area contributed by atoms with Crippen LogP contribution in [0.1, 0.15) is 52.9 Å². The highest BCUT2D eigenvalue weighted by Gasteiger charge is 2.14. The standard InChI is InChI=1S/C13H26O/c1-11(2)12(3)9-14-10-13-7-5-4-6-8-13/h11-13H,4-10H2,1-3H3. The number of hydrogen-bond acceptors (Lipinski definition) is 1. The van der Waals surface area contributed by atoms with Gasteiger partial charge in [-0.2, -0.15) is 0 Å². The first-order chi connectivity index (χ1) is 6.70. The van der Waals surface area contributed by atoms with Crippen molar-refractivity contribution in [3.05, 3.63) is 0 Å². The molecule has 1 unspecified atom stereocenters. The average molecular weight is 198 g/mol. The van der Waals surface area contributed by atoms with Crippen LogP contribution < -0.4 is 0 Å². The summed E-state index contributed by atoms with van der Waals surface area (Å²) in [5.74, 6) is 2.32. The fourth-order valence-electron chi connectivity index (χ4n) is 1.97. The third-order valence-electron chi connectivity index (χ3n) is 3.60. The molecule has 0 aromatic heterocycles. The van der Waals surface area contributed by atoms with Gasteiger partial charge in [-0.25, -0.2) is 0 Å². The second-order valence-electron chi connectivity index (χ2n) is 5.26. The Labute approximate surface area is 89.2 Å². The summed E-state index contributed by atoms with van der Waals surface area (Å²) in [4.78, 5) is 0. The molecular weight excluding hydrogens is 172 g/mol. The van der Waals surface area contributed by atoms with Crippen LogP contribution in [0.2, 0.25) is 0 Å². The van der Waals surface area contributed by atoms with Crippen LogP contribution in [0, 0.1) is 17.8 Å². The van der Waals surface area contributed by atoms with E-state index >= 15 is 0 Å². The second kappa shape index (κ2) is 6.44. The molecule has 84 valence electrons. The topological polar surface area (TPSA) is 9.23 Å². The summed E-state index contributed by atoms with van der Waals surface area (Å²) < 4.78 is 5.80. The van der Waals surface area contributed by atoms with E-state index in [1.807, 2.05) is 0 Å². The van der Waals surface area contributed by atoms with Crippen molar-refractivity contribution >= 4 is 0 Å². The molecule has 1 aliphatic rings. The first-order valence-corrected chi connectivity index (χ1v) is 6.28. The molecular formula is C13H26O. The molecule has 1 rings (SSSR count). The Hall–Kier alpha value is -0.0400. The largest absolute Gasteiger partial charge is 0.381 e. The van der Waals surface area contributed by atoms with Crippen molar-refractivity contribution in [1.82, 2.24) is 0 Å². The van der Waals surface area contributed by atoms with Crippen LogP contribution >= 0.6 is 0 Å². The van der Waals surface area contributed by atoms with Gasteiger partial charge in [0.05, 0.1) is 0 Å². The predicted molar refractivity (Wildman–Crippen MR) is 61.4 cm³/mol. The maximum Gasteiger partial charge on any atom is 0.0494 e. The van der Waals surface area contributed by atoms with E-state index in [2.05, 4.69) is 20.8 Å². The van der Waals surface area contributed by atoms with Crippen molar-refractivity contribution in [2.75, 3.05) is 13.2 Å². The first-order valence-electron chi connectivity index (χ1n) is 6.28. The lowest BCUT2D eigenvalue weighted by atomic mass is 9.90. The Balaban J connectivity index is 2.02. The highest BCUT2D eigenvalue weighted by Crippen LogP contribution is 2.24. The molecule has 0 aromatic rings. The smallest absolute Gasteiger partial charge is 0.0494 e. The van der Waals surface area contributed by atoms with Crippen LogP contribution in [0.5, 0.6) is 0 Å². The molecule has 1 aliphatic carbocycles. The van der Waals surface area contributed by atoms with Gasteiger partial charge in [0.25, 0.3) is 0 Å².